The van der Waals surface area contributed by atoms with Crippen molar-refractivity contribution in [3.05, 3.63) is 46.3 Å². The van der Waals surface area contributed by atoms with Gasteiger partial charge in [-0.3, -0.25) is 4.79 Å². The molecule has 5 nitrogen and oxygen atoms in total. The van der Waals surface area contributed by atoms with Crippen molar-refractivity contribution in [2.24, 2.45) is 0 Å². The summed E-state index contributed by atoms with van der Waals surface area (Å²) in [5.74, 6) is 0.334. The molecule has 0 unspecified atom stereocenters. The highest BCUT2D eigenvalue weighted by atomic mass is 79.9. The Kier molecular flexibility index (Phi) is 4.11. The Morgan fingerprint density at radius 3 is 2.63 bits per heavy atom. The van der Waals surface area contributed by atoms with Crippen LogP contribution < -0.4 is 10.6 Å². The summed E-state index contributed by atoms with van der Waals surface area (Å²) in [6.45, 7) is 1.98. The fraction of sp³-hybridized carbons (Fsp3) is 0.154. The Bertz CT molecular complexity index is 598. The van der Waals surface area contributed by atoms with Crippen molar-refractivity contribution >= 4 is 33.3 Å². The highest BCUT2D eigenvalue weighted by Crippen LogP contribution is 2.20. The van der Waals surface area contributed by atoms with Gasteiger partial charge in [0.25, 0.3) is 5.91 Å². The molecule has 2 rings (SSSR count). The summed E-state index contributed by atoms with van der Waals surface area (Å²) in [5.41, 5.74) is 2.09. The Balaban J connectivity index is 2.13. The van der Waals surface area contributed by atoms with E-state index in [-0.39, 0.29) is 11.6 Å². The van der Waals surface area contributed by atoms with E-state index in [2.05, 4.69) is 36.5 Å². The van der Waals surface area contributed by atoms with Gasteiger partial charge >= 0.3 is 0 Å². The summed E-state index contributed by atoms with van der Waals surface area (Å²) >= 11 is 3.42. The molecule has 0 radical (unpaired) electrons. The summed E-state index contributed by atoms with van der Waals surface area (Å²) in [4.78, 5) is 20.0. The molecule has 0 bridgehead atoms. The summed E-state index contributed by atoms with van der Waals surface area (Å²) < 4.78 is 0.946. The number of nitrogens with one attached hydrogen (secondary N) is 2. The number of rotatable bonds is 3. The number of carbonyl (C=O) groups excluding carboxylic acids is 1. The zero-order valence-electron chi connectivity index (χ0n) is 10.6. The normalized spacial score (nSPS) is 10.1. The van der Waals surface area contributed by atoms with Gasteiger partial charge in [0, 0.05) is 17.2 Å². The molecule has 0 saturated heterocycles. The third-order valence-electron chi connectivity index (χ3n) is 2.57. The molecule has 1 heterocycles. The molecule has 6 heteroatoms. The van der Waals surface area contributed by atoms with Gasteiger partial charge in [-0.15, -0.1) is 0 Å². The zero-order chi connectivity index (χ0) is 13.8. The van der Waals surface area contributed by atoms with Crippen LogP contribution in [0.2, 0.25) is 0 Å². The number of amides is 1. The first-order valence-electron chi connectivity index (χ1n) is 5.67. The van der Waals surface area contributed by atoms with Gasteiger partial charge in [-0.2, -0.15) is 0 Å². The van der Waals surface area contributed by atoms with E-state index in [0.717, 1.165) is 10.0 Å². The summed E-state index contributed by atoms with van der Waals surface area (Å²) in [6, 6.07) is 5.62. The maximum absolute atomic E-state index is 12.0. The molecule has 1 amide bonds. The van der Waals surface area contributed by atoms with E-state index >= 15 is 0 Å². The minimum atomic E-state index is -0.286. The lowest BCUT2D eigenvalue weighted by Gasteiger charge is -2.06. The van der Waals surface area contributed by atoms with E-state index in [1.807, 2.05) is 25.1 Å². The maximum Gasteiger partial charge on any atom is 0.275 e. The van der Waals surface area contributed by atoms with Crippen LogP contribution in [0.4, 0.5) is 11.5 Å². The molecule has 2 aromatic rings. The number of carbonyl (C=O) groups is 1. The first-order valence-corrected chi connectivity index (χ1v) is 6.47. The predicted molar refractivity (Wildman–Crippen MR) is 78.4 cm³/mol. The lowest BCUT2D eigenvalue weighted by Crippen LogP contribution is -2.14. The lowest BCUT2D eigenvalue weighted by molar-refractivity contribution is 0.102. The number of benzene rings is 1. The van der Waals surface area contributed by atoms with Gasteiger partial charge in [0.2, 0.25) is 0 Å². The van der Waals surface area contributed by atoms with Crippen molar-refractivity contribution in [2.75, 3.05) is 17.7 Å². The molecular formula is C13H13BrN4O. The zero-order valence-corrected chi connectivity index (χ0v) is 12.2. The van der Waals surface area contributed by atoms with Crippen LogP contribution in [0.25, 0.3) is 0 Å². The van der Waals surface area contributed by atoms with Gasteiger partial charge in [0.1, 0.15) is 11.5 Å². The van der Waals surface area contributed by atoms with E-state index in [1.54, 1.807) is 7.05 Å². The molecule has 2 N–H and O–H groups in total. The van der Waals surface area contributed by atoms with Crippen LogP contribution in [0.3, 0.4) is 0 Å². The molecule has 0 spiro atoms. The molecule has 1 aromatic heterocycles. The number of anilines is 2. The van der Waals surface area contributed by atoms with Gasteiger partial charge in [0.15, 0.2) is 0 Å². The average Bonchev–Trinajstić information content (AvgIpc) is 2.43. The van der Waals surface area contributed by atoms with Crippen LogP contribution in [0.5, 0.6) is 0 Å². The van der Waals surface area contributed by atoms with E-state index in [4.69, 9.17) is 0 Å². The van der Waals surface area contributed by atoms with Crippen LogP contribution >= 0.6 is 15.9 Å². The monoisotopic (exact) mass is 320 g/mol. The molecule has 1 aromatic carbocycles. The van der Waals surface area contributed by atoms with Crippen LogP contribution in [0.1, 0.15) is 16.1 Å². The molecular weight excluding hydrogens is 308 g/mol. The smallest absolute Gasteiger partial charge is 0.275 e. The van der Waals surface area contributed by atoms with Crippen LogP contribution in [0, 0.1) is 6.92 Å². The maximum atomic E-state index is 12.0. The number of aryl methyl sites for hydroxylation is 1. The third-order valence-corrected chi connectivity index (χ3v) is 3.42. The van der Waals surface area contributed by atoms with Crippen molar-refractivity contribution in [2.45, 2.75) is 6.92 Å². The standard InChI is InChI=1S/C13H13BrN4O/c1-8-3-4-9(5-10(8)14)18-13(19)11-6-17-12(15-2)7-16-11/h3-7H,1-2H3,(H,15,17)(H,18,19). The van der Waals surface area contributed by atoms with Crippen LogP contribution in [-0.4, -0.2) is 22.9 Å². The highest BCUT2D eigenvalue weighted by Gasteiger charge is 2.08. The second kappa shape index (κ2) is 5.79. The largest absolute Gasteiger partial charge is 0.372 e. The lowest BCUT2D eigenvalue weighted by atomic mass is 10.2. The van der Waals surface area contributed by atoms with Crippen molar-refractivity contribution in [3.63, 3.8) is 0 Å². The van der Waals surface area contributed by atoms with Gasteiger partial charge in [-0.1, -0.05) is 22.0 Å². The Morgan fingerprint density at radius 1 is 1.26 bits per heavy atom. The van der Waals surface area contributed by atoms with Crippen molar-refractivity contribution in [3.8, 4) is 0 Å². The molecule has 0 saturated carbocycles. The van der Waals surface area contributed by atoms with Gasteiger partial charge in [-0.25, -0.2) is 9.97 Å². The number of hydrogen-bond acceptors (Lipinski definition) is 4. The molecule has 0 fully saturated rings. The number of hydrogen-bond donors (Lipinski definition) is 2. The topological polar surface area (TPSA) is 66.9 Å². The summed E-state index contributed by atoms with van der Waals surface area (Å²) in [7, 11) is 1.74. The Hall–Kier alpha value is -1.95. The van der Waals surface area contributed by atoms with Crippen molar-refractivity contribution in [1.29, 1.82) is 0 Å². The Labute approximate surface area is 119 Å². The minimum absolute atomic E-state index is 0.274. The second-order valence-corrected chi connectivity index (χ2v) is 4.81. The first kappa shape index (κ1) is 13.5. The minimum Gasteiger partial charge on any atom is -0.372 e. The van der Waals surface area contributed by atoms with E-state index in [9.17, 15) is 4.79 Å². The number of nitrogens with zero attached hydrogens (tertiary/aromatic N) is 2. The van der Waals surface area contributed by atoms with E-state index < -0.39 is 0 Å². The quantitative estimate of drug-likeness (QED) is 0.912. The van der Waals surface area contributed by atoms with E-state index in [0.29, 0.717) is 11.5 Å². The molecule has 0 aliphatic rings. The van der Waals surface area contributed by atoms with Crippen LogP contribution in [-0.2, 0) is 0 Å². The second-order valence-electron chi connectivity index (χ2n) is 3.95. The predicted octanol–water partition coefficient (Wildman–Crippen LogP) is 2.84. The molecule has 0 atom stereocenters. The molecule has 19 heavy (non-hydrogen) atoms. The number of halogens is 1. The fourth-order valence-corrected chi connectivity index (χ4v) is 1.82. The third kappa shape index (κ3) is 3.29. The van der Waals surface area contributed by atoms with Gasteiger partial charge in [-0.05, 0) is 24.6 Å². The van der Waals surface area contributed by atoms with Gasteiger partial charge < -0.3 is 10.6 Å². The van der Waals surface area contributed by atoms with Crippen molar-refractivity contribution in [1.82, 2.24) is 9.97 Å². The van der Waals surface area contributed by atoms with Crippen LogP contribution in [0.15, 0.2) is 35.1 Å². The fourth-order valence-electron chi connectivity index (χ4n) is 1.44. The van der Waals surface area contributed by atoms with Gasteiger partial charge in [0.05, 0.1) is 12.4 Å². The molecule has 0 aliphatic carbocycles. The number of aromatic nitrogens is 2. The molecule has 0 aliphatic heterocycles. The molecule has 98 valence electrons. The highest BCUT2D eigenvalue weighted by molar-refractivity contribution is 9.10. The van der Waals surface area contributed by atoms with E-state index in [1.165, 1.54) is 12.4 Å². The SMILES string of the molecule is CNc1cnc(C(=O)Nc2ccc(C)c(Br)c2)cn1. The van der Waals surface area contributed by atoms with Crippen molar-refractivity contribution < 1.29 is 4.79 Å². The summed E-state index contributed by atoms with van der Waals surface area (Å²) in [5, 5.41) is 5.62. The summed E-state index contributed by atoms with van der Waals surface area (Å²) in [6.07, 6.45) is 2.95. The Morgan fingerprint density at radius 2 is 2.05 bits per heavy atom. The average molecular weight is 321 g/mol. The first-order chi connectivity index (χ1) is 9.10.